The van der Waals surface area contributed by atoms with Crippen LogP contribution in [0.25, 0.3) is 0 Å². The summed E-state index contributed by atoms with van der Waals surface area (Å²) in [6.45, 7) is 4.56. The zero-order valence-electron chi connectivity index (χ0n) is 10.3. The Balaban J connectivity index is 2.50. The van der Waals surface area contributed by atoms with E-state index in [1.54, 1.807) is 0 Å². The molecule has 92 valence electrons. The van der Waals surface area contributed by atoms with Crippen molar-refractivity contribution in [3.05, 3.63) is 27.7 Å². The third-order valence-corrected chi connectivity index (χ3v) is 3.47. The molecule has 1 heterocycles. The number of fused-ring (bicyclic) bond motifs is 1. The van der Waals surface area contributed by atoms with Gasteiger partial charge in [0.25, 0.3) is 0 Å². The molecule has 0 aliphatic carbocycles. The second kappa shape index (κ2) is 5.21. The van der Waals surface area contributed by atoms with E-state index in [0.29, 0.717) is 6.61 Å². The largest absolute Gasteiger partial charge is 0.493 e. The van der Waals surface area contributed by atoms with Gasteiger partial charge in [-0.2, -0.15) is 0 Å². The predicted molar refractivity (Wildman–Crippen MR) is 71.7 cm³/mol. The molecule has 3 heteroatoms. The van der Waals surface area contributed by atoms with E-state index in [4.69, 9.17) is 4.74 Å². The molecular weight excluding hydrogens is 280 g/mol. The molecule has 1 aliphatic heterocycles. The van der Waals surface area contributed by atoms with Crippen LogP contribution in [-0.2, 0) is 6.42 Å². The van der Waals surface area contributed by atoms with Crippen molar-refractivity contribution in [2.45, 2.75) is 33.1 Å². The Bertz CT molecular complexity index is 438. The first-order chi connectivity index (χ1) is 8.09. The molecule has 0 aromatic heterocycles. The number of carbonyl (C=O) groups excluding carboxylic acids is 1. The fourth-order valence-corrected chi connectivity index (χ4v) is 2.60. The third kappa shape index (κ3) is 2.71. The van der Waals surface area contributed by atoms with Gasteiger partial charge < -0.3 is 4.74 Å². The first-order valence-corrected chi connectivity index (χ1v) is 6.88. The summed E-state index contributed by atoms with van der Waals surface area (Å²) in [6, 6.07) is 3.95. The maximum atomic E-state index is 12.2. The molecule has 0 N–H and O–H groups in total. The van der Waals surface area contributed by atoms with E-state index in [2.05, 4.69) is 22.0 Å². The van der Waals surface area contributed by atoms with Crippen molar-refractivity contribution in [3.63, 3.8) is 0 Å². The molecule has 0 saturated heterocycles. The molecule has 0 amide bonds. The lowest BCUT2D eigenvalue weighted by Crippen LogP contribution is -2.11. The molecule has 17 heavy (non-hydrogen) atoms. The summed E-state index contributed by atoms with van der Waals surface area (Å²) in [5.41, 5.74) is 1.88. The maximum absolute atomic E-state index is 12.2. The van der Waals surface area contributed by atoms with Gasteiger partial charge in [-0.3, -0.25) is 4.79 Å². The van der Waals surface area contributed by atoms with Gasteiger partial charge in [0.2, 0.25) is 0 Å². The normalized spacial score (nSPS) is 15.1. The molecule has 0 radical (unpaired) electrons. The highest BCUT2D eigenvalue weighted by atomic mass is 79.9. The molecular formula is C14H17BrO2. The van der Waals surface area contributed by atoms with Gasteiger partial charge in [-0.05, 0) is 37.0 Å². The minimum Gasteiger partial charge on any atom is -0.493 e. The number of hydrogen-bond acceptors (Lipinski definition) is 2. The average molecular weight is 297 g/mol. The van der Waals surface area contributed by atoms with Crippen LogP contribution in [0.1, 0.15) is 42.6 Å². The van der Waals surface area contributed by atoms with E-state index in [1.165, 1.54) is 0 Å². The lowest BCUT2D eigenvalue weighted by Gasteiger charge is -2.14. The molecule has 1 aliphatic rings. The lowest BCUT2D eigenvalue weighted by atomic mass is 9.96. The van der Waals surface area contributed by atoms with Gasteiger partial charge in [0.15, 0.2) is 5.78 Å². The van der Waals surface area contributed by atoms with Gasteiger partial charge in [-0.1, -0.05) is 29.8 Å². The SMILES string of the molecule is CC(C)C(=O)c1cc(Br)cc2c1OCCCC2. The third-order valence-electron chi connectivity index (χ3n) is 3.01. The van der Waals surface area contributed by atoms with Crippen molar-refractivity contribution in [1.29, 1.82) is 0 Å². The van der Waals surface area contributed by atoms with E-state index in [-0.39, 0.29) is 11.7 Å². The van der Waals surface area contributed by atoms with Crippen LogP contribution in [0.3, 0.4) is 0 Å². The van der Waals surface area contributed by atoms with Crippen LogP contribution in [0.15, 0.2) is 16.6 Å². The Kier molecular flexibility index (Phi) is 3.87. The minimum atomic E-state index is 0.000234. The molecule has 0 saturated carbocycles. The smallest absolute Gasteiger partial charge is 0.169 e. The molecule has 0 fully saturated rings. The number of benzene rings is 1. The summed E-state index contributed by atoms with van der Waals surface area (Å²) in [5.74, 6) is 0.967. The van der Waals surface area contributed by atoms with E-state index in [1.807, 2.05) is 19.9 Å². The standard InChI is InChI=1S/C14H17BrO2/c1-9(2)13(16)12-8-11(15)7-10-5-3-4-6-17-14(10)12/h7-9H,3-6H2,1-2H3. The number of halogens is 1. The molecule has 2 rings (SSSR count). The summed E-state index contributed by atoms with van der Waals surface area (Å²) >= 11 is 3.48. The van der Waals surface area contributed by atoms with Crippen molar-refractivity contribution < 1.29 is 9.53 Å². The molecule has 0 bridgehead atoms. The number of aryl methyl sites for hydroxylation is 1. The quantitative estimate of drug-likeness (QED) is 0.771. The summed E-state index contributed by atoms with van der Waals surface area (Å²) in [7, 11) is 0. The van der Waals surface area contributed by atoms with Crippen LogP contribution in [-0.4, -0.2) is 12.4 Å². The molecule has 0 spiro atoms. The van der Waals surface area contributed by atoms with Crippen LogP contribution in [0.5, 0.6) is 5.75 Å². The van der Waals surface area contributed by atoms with E-state index < -0.39 is 0 Å². The first kappa shape index (κ1) is 12.6. The minimum absolute atomic E-state index is 0.000234. The molecule has 0 atom stereocenters. The van der Waals surface area contributed by atoms with Crippen LogP contribution >= 0.6 is 15.9 Å². The van der Waals surface area contributed by atoms with E-state index in [9.17, 15) is 4.79 Å². The van der Waals surface area contributed by atoms with Gasteiger partial charge >= 0.3 is 0 Å². The molecule has 1 aromatic carbocycles. The van der Waals surface area contributed by atoms with Gasteiger partial charge in [0, 0.05) is 10.4 Å². The Morgan fingerprint density at radius 2 is 2.12 bits per heavy atom. The first-order valence-electron chi connectivity index (χ1n) is 6.09. The molecule has 0 unspecified atom stereocenters. The second-order valence-electron chi connectivity index (χ2n) is 4.77. The summed E-state index contributed by atoms with van der Waals surface area (Å²) in [6.07, 6.45) is 3.17. The fraction of sp³-hybridized carbons (Fsp3) is 0.500. The van der Waals surface area contributed by atoms with Crippen LogP contribution < -0.4 is 4.74 Å². The van der Waals surface area contributed by atoms with Crippen molar-refractivity contribution in [3.8, 4) is 5.75 Å². The number of Topliss-reactive ketones (excluding diaryl/α,β-unsaturated/α-hetero) is 1. The van der Waals surface area contributed by atoms with E-state index in [0.717, 1.165) is 40.6 Å². The van der Waals surface area contributed by atoms with Crippen molar-refractivity contribution in [2.75, 3.05) is 6.61 Å². The monoisotopic (exact) mass is 296 g/mol. The highest BCUT2D eigenvalue weighted by Gasteiger charge is 2.21. The van der Waals surface area contributed by atoms with Gasteiger partial charge in [0.05, 0.1) is 12.2 Å². The second-order valence-corrected chi connectivity index (χ2v) is 5.68. The van der Waals surface area contributed by atoms with Gasteiger partial charge in [-0.25, -0.2) is 0 Å². The van der Waals surface area contributed by atoms with Crippen molar-refractivity contribution >= 4 is 21.7 Å². The number of ketones is 1. The molecule has 2 nitrogen and oxygen atoms in total. The Labute approximate surface area is 110 Å². The summed E-state index contributed by atoms with van der Waals surface area (Å²) in [4.78, 5) is 12.2. The Hall–Kier alpha value is -0.830. The Morgan fingerprint density at radius 1 is 1.35 bits per heavy atom. The number of rotatable bonds is 2. The van der Waals surface area contributed by atoms with Crippen molar-refractivity contribution in [1.82, 2.24) is 0 Å². The highest BCUT2D eigenvalue weighted by molar-refractivity contribution is 9.10. The van der Waals surface area contributed by atoms with Gasteiger partial charge in [-0.15, -0.1) is 0 Å². The number of carbonyl (C=O) groups is 1. The van der Waals surface area contributed by atoms with Crippen molar-refractivity contribution in [2.24, 2.45) is 5.92 Å². The lowest BCUT2D eigenvalue weighted by molar-refractivity contribution is 0.0935. The van der Waals surface area contributed by atoms with Gasteiger partial charge in [0.1, 0.15) is 5.75 Å². The topological polar surface area (TPSA) is 26.3 Å². The summed E-state index contributed by atoms with van der Waals surface area (Å²) in [5, 5.41) is 0. The Morgan fingerprint density at radius 3 is 2.82 bits per heavy atom. The summed E-state index contributed by atoms with van der Waals surface area (Å²) < 4.78 is 6.73. The highest BCUT2D eigenvalue weighted by Crippen LogP contribution is 2.33. The average Bonchev–Trinajstić information content (AvgIpc) is 2.51. The van der Waals surface area contributed by atoms with Crippen LogP contribution in [0.4, 0.5) is 0 Å². The van der Waals surface area contributed by atoms with Crippen LogP contribution in [0, 0.1) is 5.92 Å². The number of ether oxygens (including phenoxy) is 1. The fourth-order valence-electron chi connectivity index (χ4n) is 2.09. The van der Waals surface area contributed by atoms with Crippen LogP contribution in [0.2, 0.25) is 0 Å². The number of hydrogen-bond donors (Lipinski definition) is 0. The van der Waals surface area contributed by atoms with E-state index >= 15 is 0 Å². The zero-order chi connectivity index (χ0) is 12.4. The molecule has 1 aromatic rings. The predicted octanol–water partition coefficient (Wildman–Crippen LogP) is 4.00. The zero-order valence-corrected chi connectivity index (χ0v) is 11.8. The maximum Gasteiger partial charge on any atom is 0.169 e.